The predicted octanol–water partition coefficient (Wildman–Crippen LogP) is 0.592. The molecule has 5 nitrogen and oxygen atoms in total. The second-order valence-corrected chi connectivity index (χ2v) is 4.70. The Bertz CT molecular complexity index is 248. The van der Waals surface area contributed by atoms with E-state index >= 15 is 0 Å². The highest BCUT2D eigenvalue weighted by Crippen LogP contribution is 2.06. The highest BCUT2D eigenvalue weighted by atomic mass is 16.5. The van der Waals surface area contributed by atoms with Gasteiger partial charge in [-0.05, 0) is 20.5 Å². The van der Waals surface area contributed by atoms with Crippen LogP contribution in [0, 0.1) is 0 Å². The molecule has 1 heterocycles. The zero-order valence-corrected chi connectivity index (χ0v) is 11.9. The van der Waals surface area contributed by atoms with E-state index in [1.54, 1.807) is 0 Å². The van der Waals surface area contributed by atoms with Gasteiger partial charge in [0.25, 0.3) is 0 Å². The summed E-state index contributed by atoms with van der Waals surface area (Å²) >= 11 is 0. The lowest BCUT2D eigenvalue weighted by atomic mass is 10.2. The molecule has 1 rings (SSSR count). The molecule has 0 N–H and O–H groups in total. The zero-order valence-electron chi connectivity index (χ0n) is 11.9. The highest BCUT2D eigenvalue weighted by Gasteiger charge is 2.20. The number of hydrogen-bond donors (Lipinski definition) is 0. The van der Waals surface area contributed by atoms with Crippen LogP contribution in [0.2, 0.25) is 0 Å². The maximum atomic E-state index is 11.2. The minimum absolute atomic E-state index is 0.121. The van der Waals surface area contributed by atoms with Crippen LogP contribution in [0.4, 0.5) is 0 Å². The summed E-state index contributed by atoms with van der Waals surface area (Å²) in [5.74, 6) is -0.121. The molecule has 5 heteroatoms. The smallest absolute Gasteiger partial charge is 0.307 e. The van der Waals surface area contributed by atoms with Gasteiger partial charge < -0.3 is 14.4 Å². The minimum atomic E-state index is -0.121. The summed E-state index contributed by atoms with van der Waals surface area (Å²) in [5, 5.41) is 0. The number of carbonyl (C=O) groups excluding carboxylic acids is 1. The Morgan fingerprint density at radius 3 is 2.94 bits per heavy atom. The molecule has 0 saturated carbocycles. The summed E-state index contributed by atoms with van der Waals surface area (Å²) in [4.78, 5) is 15.8. The molecule has 0 aromatic heterocycles. The average Bonchev–Trinajstić information content (AvgIpc) is 2.37. The van der Waals surface area contributed by atoms with Crippen molar-refractivity contribution in [2.75, 3.05) is 53.0 Å². The molecule has 1 aliphatic heterocycles. The van der Waals surface area contributed by atoms with Crippen LogP contribution in [0.3, 0.4) is 0 Å². The molecule has 0 amide bonds. The van der Waals surface area contributed by atoms with E-state index in [0.29, 0.717) is 13.0 Å². The third-order valence-corrected chi connectivity index (χ3v) is 3.19. The average molecular weight is 258 g/mol. The molecule has 1 saturated heterocycles. The number of rotatable bonds is 7. The van der Waals surface area contributed by atoms with Crippen LogP contribution >= 0.6 is 0 Å². The van der Waals surface area contributed by atoms with Crippen molar-refractivity contribution >= 4 is 5.97 Å². The van der Waals surface area contributed by atoms with E-state index in [0.717, 1.165) is 39.3 Å². The van der Waals surface area contributed by atoms with E-state index in [9.17, 15) is 4.79 Å². The van der Waals surface area contributed by atoms with Crippen LogP contribution in [0.5, 0.6) is 0 Å². The van der Waals surface area contributed by atoms with Crippen molar-refractivity contribution in [3.63, 3.8) is 0 Å². The molecular weight excluding hydrogens is 232 g/mol. The van der Waals surface area contributed by atoms with Gasteiger partial charge in [0.05, 0.1) is 25.7 Å². The lowest BCUT2D eigenvalue weighted by molar-refractivity contribution is -0.143. The van der Waals surface area contributed by atoms with Crippen molar-refractivity contribution in [1.82, 2.24) is 9.80 Å². The number of nitrogens with zero attached hydrogens (tertiary/aromatic N) is 2. The number of morpholine rings is 1. The van der Waals surface area contributed by atoms with E-state index < -0.39 is 0 Å². The van der Waals surface area contributed by atoms with Crippen LogP contribution < -0.4 is 0 Å². The Morgan fingerprint density at radius 1 is 1.50 bits per heavy atom. The molecule has 1 aliphatic rings. The van der Waals surface area contributed by atoms with Crippen molar-refractivity contribution in [3.05, 3.63) is 0 Å². The quantitative estimate of drug-likeness (QED) is 0.625. The molecule has 0 spiro atoms. The SMILES string of the molecule is CCOC(=O)CCN(C)CC1CN(CC)CCO1. The Labute approximate surface area is 110 Å². The summed E-state index contributed by atoms with van der Waals surface area (Å²) in [6.07, 6.45) is 0.708. The number of ether oxygens (including phenoxy) is 2. The molecule has 0 aliphatic carbocycles. The van der Waals surface area contributed by atoms with Gasteiger partial charge in [-0.1, -0.05) is 6.92 Å². The van der Waals surface area contributed by atoms with E-state index in [-0.39, 0.29) is 12.1 Å². The van der Waals surface area contributed by atoms with Crippen molar-refractivity contribution in [2.45, 2.75) is 26.4 Å². The first-order valence-corrected chi connectivity index (χ1v) is 6.83. The Kier molecular flexibility index (Phi) is 7.23. The van der Waals surface area contributed by atoms with Gasteiger partial charge in [0.15, 0.2) is 0 Å². The summed E-state index contributed by atoms with van der Waals surface area (Å²) in [7, 11) is 2.02. The van der Waals surface area contributed by atoms with Crippen LogP contribution in [-0.2, 0) is 14.3 Å². The number of carbonyl (C=O) groups is 1. The molecule has 1 fully saturated rings. The fourth-order valence-corrected chi connectivity index (χ4v) is 2.13. The molecule has 1 atom stereocenters. The first kappa shape index (κ1) is 15.4. The summed E-state index contributed by atoms with van der Waals surface area (Å²) in [6, 6.07) is 0. The molecule has 0 radical (unpaired) electrons. The van der Waals surface area contributed by atoms with Gasteiger partial charge in [-0.15, -0.1) is 0 Å². The monoisotopic (exact) mass is 258 g/mol. The third kappa shape index (κ3) is 5.80. The van der Waals surface area contributed by atoms with Crippen molar-refractivity contribution < 1.29 is 14.3 Å². The van der Waals surface area contributed by atoms with Gasteiger partial charge in [-0.25, -0.2) is 0 Å². The highest BCUT2D eigenvalue weighted by molar-refractivity contribution is 5.69. The molecular formula is C13H26N2O3. The molecule has 0 aromatic carbocycles. The van der Waals surface area contributed by atoms with Gasteiger partial charge in [-0.2, -0.15) is 0 Å². The van der Waals surface area contributed by atoms with Crippen LogP contribution in [-0.4, -0.2) is 74.9 Å². The standard InChI is InChI=1S/C13H26N2O3/c1-4-15-8-9-18-12(11-15)10-14(3)7-6-13(16)17-5-2/h12H,4-11H2,1-3H3. The number of esters is 1. The molecule has 18 heavy (non-hydrogen) atoms. The third-order valence-electron chi connectivity index (χ3n) is 3.19. The Hall–Kier alpha value is -0.650. The fraction of sp³-hybridized carbons (Fsp3) is 0.923. The topological polar surface area (TPSA) is 42.0 Å². The van der Waals surface area contributed by atoms with E-state index in [2.05, 4.69) is 16.7 Å². The largest absolute Gasteiger partial charge is 0.466 e. The predicted molar refractivity (Wildman–Crippen MR) is 70.6 cm³/mol. The van der Waals surface area contributed by atoms with Gasteiger partial charge >= 0.3 is 5.97 Å². The second-order valence-electron chi connectivity index (χ2n) is 4.70. The molecule has 106 valence electrons. The maximum Gasteiger partial charge on any atom is 0.307 e. The molecule has 1 unspecified atom stereocenters. The normalized spacial score (nSPS) is 21.2. The van der Waals surface area contributed by atoms with Gasteiger partial charge in [-0.3, -0.25) is 9.69 Å². The number of likely N-dealkylation sites (N-methyl/N-ethyl adjacent to an activating group) is 2. The van der Waals surface area contributed by atoms with Crippen LogP contribution in [0.1, 0.15) is 20.3 Å². The van der Waals surface area contributed by atoms with E-state index in [4.69, 9.17) is 9.47 Å². The second kappa shape index (κ2) is 8.45. The van der Waals surface area contributed by atoms with Gasteiger partial charge in [0.2, 0.25) is 0 Å². The summed E-state index contributed by atoms with van der Waals surface area (Å²) in [6.45, 7) is 9.96. The van der Waals surface area contributed by atoms with E-state index in [1.165, 1.54) is 0 Å². The zero-order chi connectivity index (χ0) is 13.4. The Balaban J connectivity index is 2.18. The van der Waals surface area contributed by atoms with Crippen molar-refractivity contribution in [1.29, 1.82) is 0 Å². The molecule has 0 bridgehead atoms. The van der Waals surface area contributed by atoms with Gasteiger partial charge in [0.1, 0.15) is 0 Å². The van der Waals surface area contributed by atoms with E-state index in [1.807, 2.05) is 14.0 Å². The lowest BCUT2D eigenvalue weighted by Crippen LogP contribution is -2.47. The first-order chi connectivity index (χ1) is 8.65. The van der Waals surface area contributed by atoms with Crippen molar-refractivity contribution in [3.8, 4) is 0 Å². The summed E-state index contributed by atoms with van der Waals surface area (Å²) in [5.41, 5.74) is 0. The Morgan fingerprint density at radius 2 is 2.28 bits per heavy atom. The lowest BCUT2D eigenvalue weighted by Gasteiger charge is -2.34. The van der Waals surface area contributed by atoms with Gasteiger partial charge in [0, 0.05) is 26.2 Å². The minimum Gasteiger partial charge on any atom is -0.466 e. The van der Waals surface area contributed by atoms with Crippen LogP contribution in [0.15, 0.2) is 0 Å². The van der Waals surface area contributed by atoms with Crippen LogP contribution in [0.25, 0.3) is 0 Å². The molecule has 0 aromatic rings. The number of hydrogen-bond acceptors (Lipinski definition) is 5. The first-order valence-electron chi connectivity index (χ1n) is 6.83. The fourth-order valence-electron chi connectivity index (χ4n) is 2.13. The van der Waals surface area contributed by atoms with Crippen molar-refractivity contribution in [2.24, 2.45) is 0 Å². The maximum absolute atomic E-state index is 11.2. The summed E-state index contributed by atoms with van der Waals surface area (Å²) < 4.78 is 10.6.